The van der Waals surface area contributed by atoms with Gasteiger partial charge in [-0.3, -0.25) is 0 Å². The van der Waals surface area contributed by atoms with Crippen LogP contribution < -0.4 is 14.2 Å². The normalized spacial score (nSPS) is 10.7. The van der Waals surface area contributed by atoms with Crippen LogP contribution in [0.5, 0.6) is 17.2 Å². The predicted octanol–water partition coefficient (Wildman–Crippen LogP) is 4.27. The first-order valence-corrected chi connectivity index (χ1v) is 7.46. The standard InChI is InChI=1S/C16H15Cl2NO4/c1-21-15-9-11(10-19-20)8-13(18)16(15)23-7-6-22-14-5-3-2-4-12(14)17/h2-5,8-10,20H,6-7H2,1H3. The molecule has 2 rings (SSSR count). The van der Waals surface area contributed by atoms with Crippen LogP contribution in [0.15, 0.2) is 41.6 Å². The molecule has 0 bridgehead atoms. The summed E-state index contributed by atoms with van der Waals surface area (Å²) in [6, 6.07) is 10.4. The fraction of sp³-hybridized carbons (Fsp3) is 0.188. The number of para-hydroxylation sites is 1. The SMILES string of the molecule is COc1cc(C=NO)cc(Cl)c1OCCOc1ccccc1Cl. The molecule has 0 saturated heterocycles. The Hall–Kier alpha value is -2.11. The average molecular weight is 356 g/mol. The molecule has 0 aliphatic rings. The van der Waals surface area contributed by atoms with Crippen LogP contribution in [-0.4, -0.2) is 31.7 Å². The highest BCUT2D eigenvalue weighted by atomic mass is 35.5. The smallest absolute Gasteiger partial charge is 0.179 e. The Labute approximate surface area is 144 Å². The molecule has 0 aliphatic carbocycles. The summed E-state index contributed by atoms with van der Waals surface area (Å²) < 4.78 is 16.4. The minimum Gasteiger partial charge on any atom is -0.493 e. The largest absolute Gasteiger partial charge is 0.493 e. The van der Waals surface area contributed by atoms with Gasteiger partial charge < -0.3 is 19.4 Å². The second kappa shape index (κ2) is 8.50. The van der Waals surface area contributed by atoms with Gasteiger partial charge in [0.2, 0.25) is 0 Å². The van der Waals surface area contributed by atoms with E-state index in [1.54, 1.807) is 24.3 Å². The van der Waals surface area contributed by atoms with Gasteiger partial charge in [-0.2, -0.15) is 0 Å². The van der Waals surface area contributed by atoms with E-state index >= 15 is 0 Å². The summed E-state index contributed by atoms with van der Waals surface area (Å²) in [5.74, 6) is 1.42. The van der Waals surface area contributed by atoms with E-state index in [2.05, 4.69) is 5.16 Å². The van der Waals surface area contributed by atoms with Crippen molar-refractivity contribution in [2.45, 2.75) is 0 Å². The van der Waals surface area contributed by atoms with Crippen LogP contribution in [0.3, 0.4) is 0 Å². The molecule has 2 aromatic rings. The molecule has 2 aromatic carbocycles. The minimum atomic E-state index is 0.259. The number of oxime groups is 1. The molecule has 122 valence electrons. The molecule has 0 aromatic heterocycles. The van der Waals surface area contributed by atoms with Crippen LogP contribution in [0.2, 0.25) is 10.0 Å². The van der Waals surface area contributed by atoms with Crippen LogP contribution in [0.25, 0.3) is 0 Å². The van der Waals surface area contributed by atoms with E-state index in [-0.39, 0.29) is 6.61 Å². The van der Waals surface area contributed by atoms with E-state index in [0.717, 1.165) is 0 Å². The van der Waals surface area contributed by atoms with Crippen molar-refractivity contribution in [3.63, 3.8) is 0 Å². The molecule has 0 spiro atoms. The van der Waals surface area contributed by atoms with Crippen LogP contribution in [0.1, 0.15) is 5.56 Å². The van der Waals surface area contributed by atoms with Gasteiger partial charge in [0, 0.05) is 5.56 Å². The maximum atomic E-state index is 8.57. The lowest BCUT2D eigenvalue weighted by molar-refractivity contribution is 0.211. The Bertz CT molecular complexity index is 692. The molecule has 0 saturated carbocycles. The van der Waals surface area contributed by atoms with Crippen LogP contribution >= 0.6 is 23.2 Å². The number of ether oxygens (including phenoxy) is 3. The number of benzene rings is 2. The number of methoxy groups -OCH3 is 1. The number of halogens is 2. The molecule has 0 amide bonds. The Morgan fingerprint density at radius 1 is 1.04 bits per heavy atom. The van der Waals surface area contributed by atoms with E-state index in [0.29, 0.717) is 39.5 Å². The topological polar surface area (TPSA) is 60.3 Å². The fourth-order valence-corrected chi connectivity index (χ4v) is 2.34. The lowest BCUT2D eigenvalue weighted by Crippen LogP contribution is -2.10. The Kier molecular flexibility index (Phi) is 6.38. The number of hydrogen-bond donors (Lipinski definition) is 1. The molecule has 0 atom stereocenters. The molecule has 5 nitrogen and oxygen atoms in total. The molecule has 0 aliphatic heterocycles. The molecule has 23 heavy (non-hydrogen) atoms. The fourth-order valence-electron chi connectivity index (χ4n) is 1.88. The van der Waals surface area contributed by atoms with Gasteiger partial charge in [-0.1, -0.05) is 40.5 Å². The van der Waals surface area contributed by atoms with Gasteiger partial charge in [0.25, 0.3) is 0 Å². The van der Waals surface area contributed by atoms with Gasteiger partial charge in [-0.15, -0.1) is 0 Å². The summed E-state index contributed by atoms with van der Waals surface area (Å²) in [6.07, 6.45) is 1.25. The van der Waals surface area contributed by atoms with E-state index in [1.807, 2.05) is 12.1 Å². The summed E-state index contributed by atoms with van der Waals surface area (Å²) in [7, 11) is 1.50. The van der Waals surface area contributed by atoms with Gasteiger partial charge in [0.15, 0.2) is 11.5 Å². The van der Waals surface area contributed by atoms with E-state index < -0.39 is 0 Å². The second-order valence-electron chi connectivity index (χ2n) is 4.41. The molecule has 0 heterocycles. The summed E-state index contributed by atoms with van der Waals surface area (Å²) in [6.45, 7) is 0.553. The summed E-state index contributed by atoms with van der Waals surface area (Å²) in [5.41, 5.74) is 0.592. The van der Waals surface area contributed by atoms with Gasteiger partial charge in [-0.05, 0) is 24.3 Å². The zero-order chi connectivity index (χ0) is 16.7. The number of hydrogen-bond acceptors (Lipinski definition) is 5. The quantitative estimate of drug-likeness (QED) is 0.348. The second-order valence-corrected chi connectivity index (χ2v) is 5.22. The molecule has 0 fully saturated rings. The Morgan fingerprint density at radius 3 is 2.48 bits per heavy atom. The third-order valence-electron chi connectivity index (χ3n) is 2.88. The summed E-state index contributed by atoms with van der Waals surface area (Å²) in [5, 5.41) is 12.4. The van der Waals surface area contributed by atoms with Crippen molar-refractivity contribution in [3.05, 3.63) is 52.0 Å². The van der Waals surface area contributed by atoms with Crippen LogP contribution in [0, 0.1) is 0 Å². The summed E-state index contributed by atoms with van der Waals surface area (Å²) in [4.78, 5) is 0. The predicted molar refractivity (Wildman–Crippen MR) is 89.8 cm³/mol. The van der Waals surface area contributed by atoms with Crippen molar-refractivity contribution in [3.8, 4) is 17.2 Å². The van der Waals surface area contributed by atoms with Crippen LogP contribution in [-0.2, 0) is 0 Å². The zero-order valence-corrected chi connectivity index (χ0v) is 13.8. The van der Waals surface area contributed by atoms with Gasteiger partial charge in [0.05, 0.1) is 23.4 Å². The third-order valence-corrected chi connectivity index (χ3v) is 3.48. The third kappa shape index (κ3) is 4.68. The van der Waals surface area contributed by atoms with Crippen molar-refractivity contribution >= 4 is 29.4 Å². The molecule has 0 unspecified atom stereocenters. The average Bonchev–Trinajstić information content (AvgIpc) is 2.54. The Balaban J connectivity index is 1.99. The van der Waals surface area contributed by atoms with Crippen molar-refractivity contribution in [2.24, 2.45) is 5.16 Å². The Morgan fingerprint density at radius 2 is 1.78 bits per heavy atom. The number of rotatable bonds is 7. The van der Waals surface area contributed by atoms with E-state index in [1.165, 1.54) is 13.3 Å². The van der Waals surface area contributed by atoms with Crippen molar-refractivity contribution in [2.75, 3.05) is 20.3 Å². The van der Waals surface area contributed by atoms with Crippen molar-refractivity contribution in [1.82, 2.24) is 0 Å². The highest BCUT2D eigenvalue weighted by molar-refractivity contribution is 6.32. The maximum Gasteiger partial charge on any atom is 0.179 e. The van der Waals surface area contributed by atoms with Gasteiger partial charge >= 0.3 is 0 Å². The maximum absolute atomic E-state index is 8.57. The minimum absolute atomic E-state index is 0.259. The first kappa shape index (κ1) is 17.2. The number of nitrogens with zero attached hydrogens (tertiary/aromatic N) is 1. The molecular formula is C16H15Cl2NO4. The highest BCUT2D eigenvalue weighted by Crippen LogP contribution is 2.36. The van der Waals surface area contributed by atoms with Gasteiger partial charge in [0.1, 0.15) is 19.0 Å². The van der Waals surface area contributed by atoms with Crippen molar-refractivity contribution in [1.29, 1.82) is 0 Å². The molecule has 7 heteroatoms. The lowest BCUT2D eigenvalue weighted by Gasteiger charge is -2.14. The van der Waals surface area contributed by atoms with E-state index in [9.17, 15) is 0 Å². The monoisotopic (exact) mass is 355 g/mol. The molecule has 0 radical (unpaired) electrons. The first-order valence-electron chi connectivity index (χ1n) is 6.70. The highest BCUT2D eigenvalue weighted by Gasteiger charge is 2.12. The molecular weight excluding hydrogens is 341 g/mol. The van der Waals surface area contributed by atoms with Crippen molar-refractivity contribution < 1.29 is 19.4 Å². The summed E-state index contributed by atoms with van der Waals surface area (Å²) >= 11 is 12.2. The lowest BCUT2D eigenvalue weighted by atomic mass is 10.2. The zero-order valence-electron chi connectivity index (χ0n) is 12.3. The first-order chi connectivity index (χ1) is 11.2. The van der Waals surface area contributed by atoms with Crippen LogP contribution in [0.4, 0.5) is 0 Å². The van der Waals surface area contributed by atoms with E-state index in [4.69, 9.17) is 42.6 Å². The molecule has 1 N–H and O–H groups in total. The van der Waals surface area contributed by atoms with Gasteiger partial charge in [-0.25, -0.2) is 0 Å².